The van der Waals surface area contributed by atoms with Crippen molar-refractivity contribution in [3.05, 3.63) is 0 Å². The van der Waals surface area contributed by atoms with Gasteiger partial charge in [0.25, 0.3) is 0 Å². The molecule has 0 saturated carbocycles. The van der Waals surface area contributed by atoms with E-state index in [0.717, 1.165) is 38.8 Å². The number of methoxy groups -OCH3 is 1. The second-order valence-electron chi connectivity index (χ2n) is 5.78. The van der Waals surface area contributed by atoms with Crippen LogP contribution < -0.4 is 11.1 Å². The molecule has 1 atom stereocenters. The molecule has 3 N–H and O–H groups in total. The lowest BCUT2D eigenvalue weighted by atomic mass is 9.88. The fourth-order valence-electron chi connectivity index (χ4n) is 2.23. The highest BCUT2D eigenvalue weighted by Gasteiger charge is 2.14. The molecule has 0 aromatic heterocycles. The Morgan fingerprint density at radius 3 is 2.52 bits per heavy atom. The Morgan fingerprint density at radius 2 is 1.90 bits per heavy atom. The van der Waals surface area contributed by atoms with Gasteiger partial charge in [-0.15, -0.1) is 0 Å². The van der Waals surface area contributed by atoms with Crippen LogP contribution in [-0.4, -0.2) is 45.9 Å². The Labute approximate surface area is 129 Å². The molecule has 0 aromatic carbocycles. The SMILES string of the molecule is COCCOCCCCNC(=O)CCC(CCN)C(C)C. The van der Waals surface area contributed by atoms with Gasteiger partial charge in [0, 0.05) is 26.7 Å². The third-order valence-corrected chi connectivity index (χ3v) is 3.69. The fraction of sp³-hybridized carbons (Fsp3) is 0.938. The summed E-state index contributed by atoms with van der Waals surface area (Å²) in [4.78, 5) is 11.8. The second-order valence-corrected chi connectivity index (χ2v) is 5.78. The zero-order chi connectivity index (χ0) is 15.9. The molecule has 1 unspecified atom stereocenters. The molecular formula is C16H34N2O3. The minimum Gasteiger partial charge on any atom is -0.382 e. The average Bonchev–Trinajstić information content (AvgIpc) is 2.46. The van der Waals surface area contributed by atoms with Crippen molar-refractivity contribution in [2.75, 3.05) is 40.0 Å². The maximum Gasteiger partial charge on any atom is 0.220 e. The zero-order valence-electron chi connectivity index (χ0n) is 14.0. The lowest BCUT2D eigenvalue weighted by Crippen LogP contribution is -2.26. The fourth-order valence-corrected chi connectivity index (χ4v) is 2.23. The number of amides is 1. The lowest BCUT2D eigenvalue weighted by molar-refractivity contribution is -0.121. The van der Waals surface area contributed by atoms with Crippen LogP contribution in [0, 0.1) is 11.8 Å². The van der Waals surface area contributed by atoms with E-state index in [2.05, 4.69) is 19.2 Å². The van der Waals surface area contributed by atoms with Crippen LogP contribution in [0.2, 0.25) is 0 Å². The van der Waals surface area contributed by atoms with Gasteiger partial charge in [-0.25, -0.2) is 0 Å². The molecule has 0 heterocycles. The van der Waals surface area contributed by atoms with E-state index in [1.807, 2.05) is 0 Å². The Morgan fingerprint density at radius 1 is 1.14 bits per heavy atom. The van der Waals surface area contributed by atoms with Crippen molar-refractivity contribution in [2.24, 2.45) is 17.6 Å². The number of unbranched alkanes of at least 4 members (excludes halogenated alkanes) is 1. The van der Waals surface area contributed by atoms with E-state index in [1.54, 1.807) is 7.11 Å². The summed E-state index contributed by atoms with van der Waals surface area (Å²) in [6, 6.07) is 0. The van der Waals surface area contributed by atoms with Gasteiger partial charge in [-0.2, -0.15) is 0 Å². The van der Waals surface area contributed by atoms with Gasteiger partial charge in [-0.05, 0) is 44.1 Å². The van der Waals surface area contributed by atoms with Gasteiger partial charge in [-0.1, -0.05) is 13.8 Å². The summed E-state index contributed by atoms with van der Waals surface area (Å²) >= 11 is 0. The number of carbonyl (C=O) groups excluding carboxylic acids is 1. The molecular weight excluding hydrogens is 268 g/mol. The van der Waals surface area contributed by atoms with Crippen LogP contribution in [0.4, 0.5) is 0 Å². The first kappa shape index (κ1) is 20.3. The quantitative estimate of drug-likeness (QED) is 0.481. The van der Waals surface area contributed by atoms with E-state index in [4.69, 9.17) is 15.2 Å². The third kappa shape index (κ3) is 12.8. The minimum atomic E-state index is 0.151. The summed E-state index contributed by atoms with van der Waals surface area (Å²) in [5, 5.41) is 2.97. The van der Waals surface area contributed by atoms with Gasteiger partial charge < -0.3 is 20.5 Å². The molecule has 5 heteroatoms. The van der Waals surface area contributed by atoms with Gasteiger partial charge in [-0.3, -0.25) is 4.79 Å². The van der Waals surface area contributed by atoms with E-state index in [-0.39, 0.29) is 5.91 Å². The van der Waals surface area contributed by atoms with Crippen molar-refractivity contribution in [3.63, 3.8) is 0 Å². The highest BCUT2D eigenvalue weighted by molar-refractivity contribution is 5.75. The smallest absolute Gasteiger partial charge is 0.220 e. The molecule has 126 valence electrons. The molecule has 0 aliphatic rings. The molecule has 21 heavy (non-hydrogen) atoms. The normalized spacial score (nSPS) is 12.6. The van der Waals surface area contributed by atoms with E-state index in [9.17, 15) is 4.79 Å². The van der Waals surface area contributed by atoms with Crippen LogP contribution in [0.25, 0.3) is 0 Å². The van der Waals surface area contributed by atoms with Crippen molar-refractivity contribution in [1.29, 1.82) is 0 Å². The lowest BCUT2D eigenvalue weighted by Gasteiger charge is -2.19. The predicted octanol–water partition coefficient (Wildman–Crippen LogP) is 1.95. The molecule has 0 radical (unpaired) electrons. The summed E-state index contributed by atoms with van der Waals surface area (Å²) in [5.74, 6) is 1.29. The van der Waals surface area contributed by atoms with Crippen LogP contribution in [0.1, 0.15) is 46.0 Å². The van der Waals surface area contributed by atoms with Crippen LogP contribution in [0.3, 0.4) is 0 Å². The Balaban J connectivity index is 3.49. The molecule has 0 aromatic rings. The summed E-state index contributed by atoms with van der Waals surface area (Å²) in [6.07, 6.45) is 4.46. The van der Waals surface area contributed by atoms with Crippen LogP contribution in [-0.2, 0) is 14.3 Å². The van der Waals surface area contributed by atoms with E-state index in [1.165, 1.54) is 0 Å². The van der Waals surface area contributed by atoms with Gasteiger partial charge >= 0.3 is 0 Å². The number of nitrogens with two attached hydrogens (primary N) is 1. The monoisotopic (exact) mass is 302 g/mol. The minimum absolute atomic E-state index is 0.151. The molecule has 0 bridgehead atoms. The van der Waals surface area contributed by atoms with Crippen molar-refractivity contribution >= 4 is 5.91 Å². The third-order valence-electron chi connectivity index (χ3n) is 3.69. The summed E-state index contributed by atoms with van der Waals surface area (Å²) in [5.41, 5.74) is 5.61. The second kappa shape index (κ2) is 14.3. The van der Waals surface area contributed by atoms with Crippen LogP contribution >= 0.6 is 0 Å². The topological polar surface area (TPSA) is 73.6 Å². The molecule has 0 rings (SSSR count). The number of rotatable bonds is 14. The Bertz CT molecular complexity index is 248. The summed E-state index contributed by atoms with van der Waals surface area (Å²) < 4.78 is 10.3. The average molecular weight is 302 g/mol. The molecule has 0 fully saturated rings. The van der Waals surface area contributed by atoms with Crippen molar-refractivity contribution in [2.45, 2.75) is 46.0 Å². The highest BCUT2D eigenvalue weighted by atomic mass is 16.5. The van der Waals surface area contributed by atoms with Gasteiger partial charge in [0.2, 0.25) is 5.91 Å². The molecule has 0 aliphatic carbocycles. The van der Waals surface area contributed by atoms with Gasteiger partial charge in [0.15, 0.2) is 0 Å². The Hall–Kier alpha value is -0.650. The number of hydrogen-bond donors (Lipinski definition) is 2. The standard InChI is InChI=1S/C16H34N2O3/c1-14(2)15(8-9-17)6-7-16(19)18-10-4-5-11-21-13-12-20-3/h14-15H,4-13,17H2,1-3H3,(H,18,19). The number of nitrogens with one attached hydrogen (secondary N) is 1. The first-order valence-electron chi connectivity index (χ1n) is 8.15. The molecule has 0 spiro atoms. The maximum atomic E-state index is 11.8. The molecule has 5 nitrogen and oxygen atoms in total. The Kier molecular flexibility index (Phi) is 13.9. The summed E-state index contributed by atoms with van der Waals surface area (Å²) in [7, 11) is 1.66. The number of carbonyl (C=O) groups is 1. The molecule has 1 amide bonds. The summed E-state index contributed by atoms with van der Waals surface area (Å²) in [6.45, 7) is 7.83. The van der Waals surface area contributed by atoms with Crippen LogP contribution in [0.5, 0.6) is 0 Å². The first-order valence-corrected chi connectivity index (χ1v) is 8.15. The largest absolute Gasteiger partial charge is 0.382 e. The van der Waals surface area contributed by atoms with Crippen LogP contribution in [0.15, 0.2) is 0 Å². The predicted molar refractivity (Wildman–Crippen MR) is 86.2 cm³/mol. The number of hydrogen-bond acceptors (Lipinski definition) is 4. The zero-order valence-corrected chi connectivity index (χ0v) is 14.0. The highest BCUT2D eigenvalue weighted by Crippen LogP contribution is 2.20. The molecule has 0 saturated heterocycles. The van der Waals surface area contributed by atoms with Crippen molar-refractivity contribution in [1.82, 2.24) is 5.32 Å². The van der Waals surface area contributed by atoms with E-state index in [0.29, 0.717) is 38.0 Å². The first-order chi connectivity index (χ1) is 10.1. The van der Waals surface area contributed by atoms with Crippen molar-refractivity contribution < 1.29 is 14.3 Å². The van der Waals surface area contributed by atoms with Crippen molar-refractivity contribution in [3.8, 4) is 0 Å². The van der Waals surface area contributed by atoms with Gasteiger partial charge in [0.05, 0.1) is 13.2 Å². The van der Waals surface area contributed by atoms with E-state index >= 15 is 0 Å². The van der Waals surface area contributed by atoms with Gasteiger partial charge in [0.1, 0.15) is 0 Å². The maximum absolute atomic E-state index is 11.8. The molecule has 0 aliphatic heterocycles. The van der Waals surface area contributed by atoms with E-state index < -0.39 is 0 Å². The number of ether oxygens (including phenoxy) is 2.